The van der Waals surface area contributed by atoms with Crippen LogP contribution in [0.15, 0.2) is 0 Å². The van der Waals surface area contributed by atoms with Crippen molar-refractivity contribution in [2.24, 2.45) is 0 Å². The maximum absolute atomic E-state index is 11.1. The van der Waals surface area contributed by atoms with Gasteiger partial charge < -0.3 is 19.9 Å². The summed E-state index contributed by atoms with van der Waals surface area (Å²) >= 11 is 0. The summed E-state index contributed by atoms with van der Waals surface area (Å²) in [5.41, 5.74) is -0.839. The summed E-state index contributed by atoms with van der Waals surface area (Å²) in [5, 5.41) is 12.1. The third-order valence-corrected chi connectivity index (χ3v) is 2.82. The van der Waals surface area contributed by atoms with Crippen molar-refractivity contribution >= 4 is 5.97 Å². The molecule has 0 aromatic heterocycles. The van der Waals surface area contributed by atoms with Crippen LogP contribution in [0.5, 0.6) is 0 Å². The fourth-order valence-electron chi connectivity index (χ4n) is 1.65. The highest BCUT2D eigenvalue weighted by Gasteiger charge is 2.31. The SMILES string of the molecule is CCNC(C)(CCCOC1COC1)C(=O)O. The summed E-state index contributed by atoms with van der Waals surface area (Å²) in [6.45, 7) is 6.21. The number of carboxylic acids is 1. The van der Waals surface area contributed by atoms with E-state index < -0.39 is 11.5 Å². The van der Waals surface area contributed by atoms with Gasteiger partial charge in [0.05, 0.1) is 13.2 Å². The lowest BCUT2D eigenvalue weighted by atomic mass is 9.96. The first-order valence-electron chi connectivity index (χ1n) is 5.76. The molecule has 1 rings (SSSR count). The van der Waals surface area contributed by atoms with Gasteiger partial charge in [-0.15, -0.1) is 0 Å². The molecule has 0 spiro atoms. The summed E-state index contributed by atoms with van der Waals surface area (Å²) in [6, 6.07) is 0. The maximum Gasteiger partial charge on any atom is 0.323 e. The third-order valence-electron chi connectivity index (χ3n) is 2.82. The molecule has 1 heterocycles. The first-order valence-corrected chi connectivity index (χ1v) is 5.76. The van der Waals surface area contributed by atoms with Crippen LogP contribution in [-0.2, 0) is 14.3 Å². The molecule has 1 aliphatic heterocycles. The van der Waals surface area contributed by atoms with Gasteiger partial charge in [-0.05, 0) is 26.3 Å². The van der Waals surface area contributed by atoms with Crippen molar-refractivity contribution in [2.45, 2.75) is 38.3 Å². The Morgan fingerprint density at radius 3 is 2.75 bits per heavy atom. The number of nitrogens with one attached hydrogen (secondary N) is 1. The number of hydrogen-bond donors (Lipinski definition) is 2. The molecular weight excluding hydrogens is 210 g/mol. The Hall–Kier alpha value is -0.650. The smallest absolute Gasteiger partial charge is 0.323 e. The number of rotatable bonds is 8. The molecule has 0 amide bonds. The van der Waals surface area contributed by atoms with E-state index in [0.717, 1.165) is 6.42 Å². The Morgan fingerprint density at radius 2 is 2.31 bits per heavy atom. The summed E-state index contributed by atoms with van der Waals surface area (Å²) in [4.78, 5) is 11.1. The molecule has 0 aromatic carbocycles. The fourth-order valence-corrected chi connectivity index (χ4v) is 1.65. The van der Waals surface area contributed by atoms with Gasteiger partial charge in [0.25, 0.3) is 0 Å². The summed E-state index contributed by atoms with van der Waals surface area (Å²) in [5.74, 6) is -0.804. The van der Waals surface area contributed by atoms with Crippen molar-refractivity contribution in [3.63, 3.8) is 0 Å². The van der Waals surface area contributed by atoms with Gasteiger partial charge in [-0.1, -0.05) is 6.92 Å². The molecular formula is C11H21NO4. The molecule has 1 unspecified atom stereocenters. The van der Waals surface area contributed by atoms with Crippen molar-refractivity contribution in [1.82, 2.24) is 5.32 Å². The number of likely N-dealkylation sites (N-methyl/N-ethyl adjacent to an activating group) is 1. The van der Waals surface area contributed by atoms with Gasteiger partial charge >= 0.3 is 5.97 Å². The van der Waals surface area contributed by atoms with Crippen LogP contribution >= 0.6 is 0 Å². The van der Waals surface area contributed by atoms with Crippen LogP contribution in [0.4, 0.5) is 0 Å². The second-order valence-corrected chi connectivity index (χ2v) is 4.30. The summed E-state index contributed by atoms with van der Waals surface area (Å²) in [7, 11) is 0. The Kier molecular flexibility index (Phi) is 5.18. The Balaban J connectivity index is 2.18. The van der Waals surface area contributed by atoms with E-state index in [9.17, 15) is 4.79 Å². The average Bonchev–Trinajstić information content (AvgIpc) is 2.14. The molecule has 1 saturated heterocycles. The van der Waals surface area contributed by atoms with Crippen molar-refractivity contribution < 1.29 is 19.4 Å². The first kappa shape index (κ1) is 13.4. The molecule has 5 nitrogen and oxygen atoms in total. The Labute approximate surface area is 96.1 Å². The van der Waals surface area contributed by atoms with E-state index in [-0.39, 0.29) is 6.10 Å². The minimum Gasteiger partial charge on any atom is -0.480 e. The number of ether oxygens (including phenoxy) is 2. The van der Waals surface area contributed by atoms with E-state index in [1.165, 1.54) is 0 Å². The van der Waals surface area contributed by atoms with Crippen molar-refractivity contribution in [2.75, 3.05) is 26.4 Å². The molecule has 94 valence electrons. The monoisotopic (exact) mass is 231 g/mol. The quantitative estimate of drug-likeness (QED) is 0.600. The zero-order valence-corrected chi connectivity index (χ0v) is 9.99. The maximum atomic E-state index is 11.1. The molecule has 1 atom stereocenters. The molecule has 16 heavy (non-hydrogen) atoms. The van der Waals surface area contributed by atoms with Gasteiger partial charge in [0.15, 0.2) is 0 Å². The highest BCUT2D eigenvalue weighted by atomic mass is 16.6. The van der Waals surface area contributed by atoms with Crippen LogP contribution in [0.25, 0.3) is 0 Å². The lowest BCUT2D eigenvalue weighted by molar-refractivity contribution is -0.145. The lowest BCUT2D eigenvalue weighted by Crippen LogP contribution is -2.49. The molecule has 0 bridgehead atoms. The standard InChI is InChI=1S/C11H21NO4/c1-3-12-11(2,10(13)14)5-4-6-16-9-7-15-8-9/h9,12H,3-8H2,1-2H3,(H,13,14). The van der Waals surface area contributed by atoms with Crippen LogP contribution in [0, 0.1) is 0 Å². The number of carbonyl (C=O) groups is 1. The van der Waals surface area contributed by atoms with E-state index in [4.69, 9.17) is 14.6 Å². The van der Waals surface area contributed by atoms with Gasteiger partial charge in [-0.25, -0.2) is 0 Å². The zero-order valence-electron chi connectivity index (χ0n) is 9.99. The van der Waals surface area contributed by atoms with Crippen molar-refractivity contribution in [3.8, 4) is 0 Å². The minimum atomic E-state index is -0.839. The third kappa shape index (κ3) is 3.73. The summed E-state index contributed by atoms with van der Waals surface area (Å²) in [6.07, 6.45) is 1.53. The zero-order chi connectivity index (χ0) is 12.0. The molecule has 1 aliphatic rings. The first-order chi connectivity index (χ1) is 7.58. The fraction of sp³-hybridized carbons (Fsp3) is 0.909. The highest BCUT2D eigenvalue weighted by molar-refractivity contribution is 5.78. The topological polar surface area (TPSA) is 67.8 Å². The Bertz CT molecular complexity index is 230. The number of hydrogen-bond acceptors (Lipinski definition) is 4. The molecule has 1 fully saturated rings. The van der Waals surface area contributed by atoms with E-state index in [1.54, 1.807) is 6.92 Å². The highest BCUT2D eigenvalue weighted by Crippen LogP contribution is 2.14. The van der Waals surface area contributed by atoms with Gasteiger partial charge in [-0.3, -0.25) is 4.79 Å². The average molecular weight is 231 g/mol. The van der Waals surface area contributed by atoms with E-state index in [1.807, 2.05) is 6.92 Å². The summed E-state index contributed by atoms with van der Waals surface area (Å²) < 4.78 is 10.5. The van der Waals surface area contributed by atoms with Crippen LogP contribution < -0.4 is 5.32 Å². The largest absolute Gasteiger partial charge is 0.480 e. The number of carboxylic acid groups (broad SMARTS) is 1. The predicted octanol–water partition coefficient (Wildman–Crippen LogP) is 0.635. The van der Waals surface area contributed by atoms with Gasteiger partial charge in [0.2, 0.25) is 0 Å². The normalized spacial score (nSPS) is 20.1. The molecule has 5 heteroatoms. The van der Waals surface area contributed by atoms with Gasteiger partial charge in [-0.2, -0.15) is 0 Å². The van der Waals surface area contributed by atoms with Crippen molar-refractivity contribution in [1.29, 1.82) is 0 Å². The van der Waals surface area contributed by atoms with Crippen LogP contribution in [0.2, 0.25) is 0 Å². The second-order valence-electron chi connectivity index (χ2n) is 4.30. The molecule has 2 N–H and O–H groups in total. The van der Waals surface area contributed by atoms with Crippen LogP contribution in [0.1, 0.15) is 26.7 Å². The molecule has 0 saturated carbocycles. The van der Waals surface area contributed by atoms with Crippen LogP contribution in [0.3, 0.4) is 0 Å². The van der Waals surface area contributed by atoms with E-state index in [2.05, 4.69) is 5.32 Å². The molecule has 0 radical (unpaired) electrons. The predicted molar refractivity (Wildman–Crippen MR) is 59.5 cm³/mol. The minimum absolute atomic E-state index is 0.218. The van der Waals surface area contributed by atoms with E-state index in [0.29, 0.717) is 32.8 Å². The second kappa shape index (κ2) is 6.18. The van der Waals surface area contributed by atoms with Crippen LogP contribution in [-0.4, -0.2) is 49.1 Å². The molecule has 0 aromatic rings. The molecule has 0 aliphatic carbocycles. The number of aliphatic carboxylic acids is 1. The Morgan fingerprint density at radius 1 is 1.62 bits per heavy atom. The van der Waals surface area contributed by atoms with Gasteiger partial charge in [0.1, 0.15) is 11.6 Å². The van der Waals surface area contributed by atoms with E-state index >= 15 is 0 Å². The van der Waals surface area contributed by atoms with Gasteiger partial charge in [0, 0.05) is 6.61 Å². The lowest BCUT2D eigenvalue weighted by Gasteiger charge is -2.28. The van der Waals surface area contributed by atoms with Crippen molar-refractivity contribution in [3.05, 3.63) is 0 Å².